The molecule has 1 aliphatic rings. The zero-order valence-electron chi connectivity index (χ0n) is 7.83. The Morgan fingerprint density at radius 1 is 1.50 bits per heavy atom. The van der Waals surface area contributed by atoms with Crippen molar-refractivity contribution in [1.82, 2.24) is 0 Å². The lowest BCUT2D eigenvalue weighted by Gasteiger charge is -2.13. The summed E-state index contributed by atoms with van der Waals surface area (Å²) in [5.41, 5.74) is 0. The van der Waals surface area contributed by atoms with Crippen LogP contribution in [0.5, 0.6) is 0 Å². The van der Waals surface area contributed by atoms with Crippen molar-refractivity contribution in [1.29, 1.82) is 0 Å². The van der Waals surface area contributed by atoms with Crippen molar-refractivity contribution in [2.24, 2.45) is 5.92 Å². The van der Waals surface area contributed by atoms with Gasteiger partial charge in [-0.2, -0.15) is 8.78 Å². The normalized spacial score (nSPS) is 26.5. The predicted molar refractivity (Wildman–Crippen MR) is 42.5 cm³/mol. The Hall–Kier alpha value is -0.610. The van der Waals surface area contributed by atoms with Gasteiger partial charge in [-0.1, -0.05) is 0 Å². The molecule has 1 atom stereocenters. The van der Waals surface area contributed by atoms with E-state index in [0.717, 1.165) is 0 Å². The van der Waals surface area contributed by atoms with Crippen LogP contribution < -0.4 is 0 Å². The highest BCUT2D eigenvalue weighted by molar-refractivity contribution is 5.85. The van der Waals surface area contributed by atoms with Gasteiger partial charge in [0, 0.05) is 26.2 Å². The molecule has 0 N–H and O–H groups in total. The third-order valence-electron chi connectivity index (χ3n) is 2.47. The fourth-order valence-electron chi connectivity index (χ4n) is 1.66. The Bertz CT molecular complexity index is 231. The summed E-state index contributed by atoms with van der Waals surface area (Å²) >= 11 is 0. The van der Waals surface area contributed by atoms with Crippen LogP contribution in [0.4, 0.5) is 17.6 Å². The maximum atomic E-state index is 12.6. The van der Waals surface area contributed by atoms with E-state index in [1.165, 1.54) is 0 Å². The molecule has 0 aromatic heterocycles. The lowest BCUT2D eigenvalue weighted by Crippen LogP contribution is -2.26. The minimum absolute atomic E-state index is 0.162. The molecule has 0 aromatic carbocycles. The van der Waals surface area contributed by atoms with Gasteiger partial charge in [0.05, 0.1) is 0 Å². The molecule has 0 radical (unpaired) electrons. The lowest BCUT2D eigenvalue weighted by atomic mass is 9.98. The highest BCUT2D eigenvalue weighted by Crippen LogP contribution is 2.41. The molecule has 0 amide bonds. The average Bonchev–Trinajstić information content (AvgIpc) is 2.28. The van der Waals surface area contributed by atoms with Crippen molar-refractivity contribution < 1.29 is 22.4 Å². The van der Waals surface area contributed by atoms with Crippen molar-refractivity contribution in [3.05, 3.63) is 0 Å². The second-order valence-electron chi connectivity index (χ2n) is 3.98. The maximum Gasteiger partial charge on any atom is 0.302 e. The van der Waals surface area contributed by atoms with E-state index < -0.39 is 36.4 Å². The highest BCUT2D eigenvalue weighted by atomic mass is 19.3. The van der Waals surface area contributed by atoms with Gasteiger partial charge >= 0.3 is 5.92 Å². The summed E-state index contributed by atoms with van der Waals surface area (Å²) in [6.07, 6.45) is -0.997. The van der Waals surface area contributed by atoms with E-state index in [1.807, 2.05) is 0 Å². The number of carbonyl (C=O) groups is 1. The Balaban J connectivity index is 2.44. The number of hydrogen-bond acceptors (Lipinski definition) is 1. The smallest absolute Gasteiger partial charge is 0.293 e. The van der Waals surface area contributed by atoms with Gasteiger partial charge in [-0.25, -0.2) is 8.78 Å². The molecule has 0 spiro atoms. The van der Waals surface area contributed by atoms with Gasteiger partial charge in [-0.3, -0.25) is 4.79 Å². The number of ketones is 1. The summed E-state index contributed by atoms with van der Waals surface area (Å²) in [6.45, 7) is 0.502. The second-order valence-corrected chi connectivity index (χ2v) is 3.98. The largest absolute Gasteiger partial charge is 0.302 e. The first-order chi connectivity index (χ1) is 6.21. The predicted octanol–water partition coefficient (Wildman–Crippen LogP) is 3.04. The van der Waals surface area contributed by atoms with Gasteiger partial charge in [0.25, 0.3) is 0 Å². The van der Waals surface area contributed by atoms with Gasteiger partial charge in [-0.15, -0.1) is 0 Å². The summed E-state index contributed by atoms with van der Waals surface area (Å²) in [5.74, 6) is -7.98. The van der Waals surface area contributed by atoms with Crippen molar-refractivity contribution in [2.45, 2.75) is 44.5 Å². The zero-order valence-corrected chi connectivity index (χ0v) is 7.83. The molecule has 82 valence electrons. The van der Waals surface area contributed by atoms with Gasteiger partial charge < -0.3 is 0 Å². The van der Waals surface area contributed by atoms with Crippen LogP contribution in [0, 0.1) is 5.92 Å². The molecule has 1 nitrogen and oxygen atoms in total. The monoisotopic (exact) mass is 212 g/mol. The molecule has 1 unspecified atom stereocenters. The van der Waals surface area contributed by atoms with Gasteiger partial charge in [0.15, 0.2) is 0 Å². The molecule has 1 saturated carbocycles. The topological polar surface area (TPSA) is 17.1 Å². The van der Waals surface area contributed by atoms with Crippen LogP contribution in [-0.4, -0.2) is 17.6 Å². The Morgan fingerprint density at radius 2 is 2.07 bits per heavy atom. The van der Waals surface area contributed by atoms with Crippen LogP contribution in [-0.2, 0) is 4.79 Å². The Morgan fingerprint density at radius 3 is 2.43 bits per heavy atom. The zero-order chi connectivity index (χ0) is 11.0. The van der Waals surface area contributed by atoms with E-state index in [0.29, 0.717) is 6.92 Å². The molecule has 0 aromatic rings. The molecular weight excluding hydrogens is 200 g/mol. The van der Waals surface area contributed by atoms with E-state index >= 15 is 0 Å². The van der Waals surface area contributed by atoms with E-state index in [-0.39, 0.29) is 12.8 Å². The highest BCUT2D eigenvalue weighted by Gasteiger charge is 2.42. The molecule has 1 rings (SSSR count). The molecule has 1 fully saturated rings. The molecule has 1 aliphatic carbocycles. The van der Waals surface area contributed by atoms with Crippen molar-refractivity contribution >= 4 is 5.78 Å². The number of halogens is 4. The quantitative estimate of drug-likeness (QED) is 0.657. The minimum atomic E-state index is -3.39. The van der Waals surface area contributed by atoms with Crippen LogP contribution in [0.2, 0.25) is 0 Å². The van der Waals surface area contributed by atoms with Crippen LogP contribution >= 0.6 is 0 Å². The molecule has 0 aliphatic heterocycles. The minimum Gasteiger partial charge on any atom is -0.293 e. The number of rotatable bonds is 3. The Labute approximate surface area is 79.5 Å². The number of carbonyl (C=O) groups excluding carboxylic acids is 1. The first-order valence-electron chi connectivity index (χ1n) is 4.50. The maximum absolute atomic E-state index is 12.6. The first-order valence-corrected chi connectivity index (χ1v) is 4.50. The van der Waals surface area contributed by atoms with Crippen LogP contribution in [0.15, 0.2) is 0 Å². The molecular formula is C9H12F4O. The summed E-state index contributed by atoms with van der Waals surface area (Å²) < 4.78 is 50.1. The van der Waals surface area contributed by atoms with Crippen molar-refractivity contribution in [3.8, 4) is 0 Å². The third-order valence-corrected chi connectivity index (χ3v) is 2.47. The van der Waals surface area contributed by atoms with Crippen molar-refractivity contribution in [2.75, 3.05) is 0 Å². The van der Waals surface area contributed by atoms with E-state index in [1.54, 1.807) is 0 Å². The van der Waals surface area contributed by atoms with Crippen LogP contribution in [0.3, 0.4) is 0 Å². The van der Waals surface area contributed by atoms with Crippen molar-refractivity contribution in [3.63, 3.8) is 0 Å². The summed E-state index contributed by atoms with van der Waals surface area (Å²) in [7, 11) is 0. The second kappa shape index (κ2) is 3.51. The first kappa shape index (κ1) is 11.5. The number of hydrogen-bond donors (Lipinski definition) is 0. The van der Waals surface area contributed by atoms with E-state index in [2.05, 4.69) is 0 Å². The summed E-state index contributed by atoms with van der Waals surface area (Å²) in [4.78, 5) is 10.8. The molecule has 0 heterocycles. The van der Waals surface area contributed by atoms with Crippen LogP contribution in [0.1, 0.15) is 32.6 Å². The standard InChI is InChI=1S/C9H12F4O/c1-8(10,11)7(14)4-6-2-3-9(12,13)5-6/h6H,2-5H2,1H3. The fraction of sp³-hybridized carbons (Fsp3) is 0.889. The molecule has 5 heteroatoms. The number of Topliss-reactive ketones (excluding diaryl/α,β-unsaturated/α-hetero) is 1. The average molecular weight is 212 g/mol. The van der Waals surface area contributed by atoms with E-state index in [9.17, 15) is 22.4 Å². The molecule has 0 bridgehead atoms. The summed E-state index contributed by atoms with van der Waals surface area (Å²) in [6, 6.07) is 0. The van der Waals surface area contributed by atoms with Gasteiger partial charge in [-0.05, 0) is 12.3 Å². The fourth-order valence-corrected chi connectivity index (χ4v) is 1.66. The van der Waals surface area contributed by atoms with Gasteiger partial charge in [0.2, 0.25) is 11.7 Å². The summed E-state index contributed by atoms with van der Waals surface area (Å²) in [5, 5.41) is 0. The van der Waals surface area contributed by atoms with Crippen LogP contribution in [0.25, 0.3) is 0 Å². The molecule has 0 saturated heterocycles. The third kappa shape index (κ3) is 2.96. The van der Waals surface area contributed by atoms with E-state index in [4.69, 9.17) is 0 Å². The lowest BCUT2D eigenvalue weighted by molar-refractivity contribution is -0.141. The van der Waals surface area contributed by atoms with Gasteiger partial charge in [0.1, 0.15) is 0 Å². The Kier molecular flexibility index (Phi) is 2.88. The SMILES string of the molecule is CC(F)(F)C(=O)CC1CCC(F)(F)C1. The number of alkyl halides is 4. The molecule has 14 heavy (non-hydrogen) atoms.